The Morgan fingerprint density at radius 2 is 1.87 bits per heavy atom. The van der Waals surface area contributed by atoms with Crippen LogP contribution in [0.4, 0.5) is 0 Å². The fourth-order valence-electron chi connectivity index (χ4n) is 1.90. The maximum Gasteiger partial charge on any atom is 0.161 e. The van der Waals surface area contributed by atoms with Gasteiger partial charge in [0.05, 0.1) is 14.2 Å². The molecule has 3 heteroatoms. The van der Waals surface area contributed by atoms with E-state index < -0.39 is 0 Å². The van der Waals surface area contributed by atoms with Crippen LogP contribution in [0.5, 0.6) is 11.5 Å². The molecule has 2 N–H and O–H groups in total. The van der Waals surface area contributed by atoms with E-state index in [0.717, 1.165) is 11.5 Å². The van der Waals surface area contributed by atoms with E-state index in [0.29, 0.717) is 12.5 Å². The van der Waals surface area contributed by atoms with Crippen molar-refractivity contribution < 1.29 is 9.47 Å². The van der Waals surface area contributed by atoms with Gasteiger partial charge in [0.2, 0.25) is 0 Å². The molecule has 0 radical (unpaired) electrons. The van der Waals surface area contributed by atoms with Crippen LogP contribution in [0.1, 0.15) is 17.0 Å². The summed E-state index contributed by atoms with van der Waals surface area (Å²) < 4.78 is 10.5. The number of hydrogen-bond acceptors (Lipinski definition) is 3. The van der Waals surface area contributed by atoms with Crippen molar-refractivity contribution in [1.82, 2.24) is 0 Å². The zero-order valence-electron chi connectivity index (χ0n) is 8.99. The molecule has 1 aromatic carbocycles. The Kier molecular flexibility index (Phi) is 2.64. The van der Waals surface area contributed by atoms with Gasteiger partial charge in [0.25, 0.3) is 0 Å². The normalized spacial score (nSPS) is 17.7. The Morgan fingerprint density at radius 1 is 1.20 bits per heavy atom. The lowest BCUT2D eigenvalue weighted by atomic mass is 10.0. The first-order valence-electron chi connectivity index (χ1n) is 4.94. The third kappa shape index (κ3) is 1.59. The average molecular weight is 205 g/mol. The molecule has 3 nitrogen and oxygen atoms in total. The molecule has 0 fully saturated rings. The molecule has 0 saturated heterocycles. The zero-order chi connectivity index (χ0) is 10.8. The minimum atomic E-state index is 0.305. The summed E-state index contributed by atoms with van der Waals surface area (Å²) in [5, 5.41) is 0. The first-order chi connectivity index (χ1) is 7.30. The SMILES string of the molecule is COc1cc2c(cc1OC)C(CN)C=C2. The van der Waals surface area contributed by atoms with E-state index in [1.54, 1.807) is 14.2 Å². The van der Waals surface area contributed by atoms with Crippen LogP contribution in [0.3, 0.4) is 0 Å². The summed E-state index contributed by atoms with van der Waals surface area (Å²) in [5.74, 6) is 1.83. The minimum Gasteiger partial charge on any atom is -0.493 e. The second kappa shape index (κ2) is 3.95. The summed E-state index contributed by atoms with van der Waals surface area (Å²) in [5.41, 5.74) is 8.07. The predicted octanol–water partition coefficient (Wildman–Crippen LogP) is 1.77. The van der Waals surface area contributed by atoms with E-state index in [1.165, 1.54) is 11.1 Å². The van der Waals surface area contributed by atoms with Gasteiger partial charge in [0.1, 0.15) is 0 Å². The largest absolute Gasteiger partial charge is 0.493 e. The van der Waals surface area contributed by atoms with Crippen LogP contribution in [-0.4, -0.2) is 20.8 Å². The Balaban J connectivity index is 2.48. The van der Waals surface area contributed by atoms with Crippen molar-refractivity contribution in [3.05, 3.63) is 29.3 Å². The molecule has 0 aromatic heterocycles. The van der Waals surface area contributed by atoms with E-state index in [9.17, 15) is 0 Å². The summed E-state index contributed by atoms with van der Waals surface area (Å²) >= 11 is 0. The van der Waals surface area contributed by atoms with Crippen molar-refractivity contribution in [2.75, 3.05) is 20.8 Å². The molecule has 1 atom stereocenters. The van der Waals surface area contributed by atoms with Gasteiger partial charge in [-0.3, -0.25) is 0 Å². The molecule has 0 aliphatic heterocycles. The second-order valence-electron chi connectivity index (χ2n) is 3.54. The molecule has 0 saturated carbocycles. The topological polar surface area (TPSA) is 44.5 Å². The highest BCUT2D eigenvalue weighted by Crippen LogP contribution is 2.38. The van der Waals surface area contributed by atoms with Gasteiger partial charge in [-0.1, -0.05) is 12.2 Å². The summed E-state index contributed by atoms with van der Waals surface area (Å²) in [6.07, 6.45) is 4.19. The number of ether oxygens (including phenoxy) is 2. The van der Waals surface area contributed by atoms with Gasteiger partial charge in [0.15, 0.2) is 11.5 Å². The van der Waals surface area contributed by atoms with Gasteiger partial charge in [0, 0.05) is 12.5 Å². The van der Waals surface area contributed by atoms with E-state index in [-0.39, 0.29) is 0 Å². The van der Waals surface area contributed by atoms with Gasteiger partial charge >= 0.3 is 0 Å². The number of nitrogens with two attached hydrogens (primary N) is 1. The van der Waals surface area contributed by atoms with Crippen LogP contribution < -0.4 is 15.2 Å². The molecule has 1 aliphatic rings. The molecular weight excluding hydrogens is 190 g/mol. The lowest BCUT2D eigenvalue weighted by molar-refractivity contribution is 0.354. The maximum atomic E-state index is 5.69. The predicted molar refractivity (Wildman–Crippen MR) is 60.4 cm³/mol. The monoisotopic (exact) mass is 205 g/mol. The Labute approximate surface area is 89.5 Å². The molecule has 0 heterocycles. The number of methoxy groups -OCH3 is 2. The van der Waals surface area contributed by atoms with Crippen molar-refractivity contribution >= 4 is 6.08 Å². The van der Waals surface area contributed by atoms with Crippen LogP contribution in [0.2, 0.25) is 0 Å². The van der Waals surface area contributed by atoms with Crippen molar-refractivity contribution in [2.24, 2.45) is 5.73 Å². The smallest absolute Gasteiger partial charge is 0.161 e. The van der Waals surface area contributed by atoms with Crippen molar-refractivity contribution in [2.45, 2.75) is 5.92 Å². The summed E-state index contributed by atoms with van der Waals surface area (Å²) in [4.78, 5) is 0. The lowest BCUT2D eigenvalue weighted by Crippen LogP contribution is -2.08. The highest BCUT2D eigenvalue weighted by Gasteiger charge is 2.19. The fraction of sp³-hybridized carbons (Fsp3) is 0.333. The first-order valence-corrected chi connectivity index (χ1v) is 4.94. The minimum absolute atomic E-state index is 0.305. The molecule has 1 unspecified atom stereocenters. The molecule has 2 rings (SSSR count). The van der Waals surface area contributed by atoms with Crippen molar-refractivity contribution in [3.63, 3.8) is 0 Å². The van der Waals surface area contributed by atoms with Crippen LogP contribution in [0.15, 0.2) is 18.2 Å². The van der Waals surface area contributed by atoms with E-state index in [2.05, 4.69) is 12.2 Å². The van der Waals surface area contributed by atoms with Gasteiger partial charge in [-0.2, -0.15) is 0 Å². The number of fused-ring (bicyclic) bond motifs is 1. The highest BCUT2D eigenvalue weighted by molar-refractivity contribution is 5.67. The van der Waals surface area contributed by atoms with Crippen LogP contribution >= 0.6 is 0 Å². The van der Waals surface area contributed by atoms with Gasteiger partial charge in [-0.15, -0.1) is 0 Å². The molecule has 0 amide bonds. The molecule has 15 heavy (non-hydrogen) atoms. The Hall–Kier alpha value is -1.48. The molecule has 1 aromatic rings. The van der Waals surface area contributed by atoms with Crippen LogP contribution in [0.25, 0.3) is 6.08 Å². The third-order valence-electron chi connectivity index (χ3n) is 2.75. The standard InChI is InChI=1S/C12H15NO2/c1-14-11-5-8-3-4-9(7-13)10(8)6-12(11)15-2/h3-6,9H,7,13H2,1-2H3. The summed E-state index contributed by atoms with van der Waals surface area (Å²) in [6, 6.07) is 3.99. The van der Waals surface area contributed by atoms with Gasteiger partial charge < -0.3 is 15.2 Å². The fourth-order valence-corrected chi connectivity index (χ4v) is 1.90. The Morgan fingerprint density at radius 3 is 2.47 bits per heavy atom. The maximum absolute atomic E-state index is 5.69. The third-order valence-corrected chi connectivity index (χ3v) is 2.75. The Bertz CT molecular complexity index is 399. The first kappa shape index (κ1) is 10.1. The number of benzene rings is 1. The average Bonchev–Trinajstić information content (AvgIpc) is 2.68. The molecule has 0 bridgehead atoms. The molecule has 80 valence electrons. The van der Waals surface area contributed by atoms with E-state index in [1.807, 2.05) is 12.1 Å². The highest BCUT2D eigenvalue weighted by atomic mass is 16.5. The van der Waals surface area contributed by atoms with E-state index >= 15 is 0 Å². The number of hydrogen-bond donors (Lipinski definition) is 1. The molecule has 1 aliphatic carbocycles. The van der Waals surface area contributed by atoms with Crippen LogP contribution in [-0.2, 0) is 0 Å². The number of rotatable bonds is 3. The zero-order valence-corrected chi connectivity index (χ0v) is 8.99. The lowest BCUT2D eigenvalue weighted by Gasteiger charge is -2.13. The quantitative estimate of drug-likeness (QED) is 0.818. The second-order valence-corrected chi connectivity index (χ2v) is 3.54. The van der Waals surface area contributed by atoms with Gasteiger partial charge in [-0.05, 0) is 23.3 Å². The molecular formula is C12H15NO2. The summed E-state index contributed by atoms with van der Waals surface area (Å²) in [7, 11) is 3.29. The molecule has 0 spiro atoms. The van der Waals surface area contributed by atoms with Gasteiger partial charge in [-0.25, -0.2) is 0 Å². The van der Waals surface area contributed by atoms with E-state index in [4.69, 9.17) is 15.2 Å². The van der Waals surface area contributed by atoms with Crippen molar-refractivity contribution in [1.29, 1.82) is 0 Å². The van der Waals surface area contributed by atoms with Crippen molar-refractivity contribution in [3.8, 4) is 11.5 Å². The summed E-state index contributed by atoms with van der Waals surface area (Å²) in [6.45, 7) is 0.624. The van der Waals surface area contributed by atoms with Crippen LogP contribution in [0, 0.1) is 0 Å².